The lowest BCUT2D eigenvalue weighted by Gasteiger charge is -2.26. The molecule has 9 rings (SSSR count). The molecule has 0 aliphatic rings. The van der Waals surface area contributed by atoms with Crippen LogP contribution in [0, 0.1) is 0 Å². The van der Waals surface area contributed by atoms with Crippen molar-refractivity contribution >= 4 is 49.5 Å². The highest BCUT2D eigenvalue weighted by atomic mass is 32.1. The van der Waals surface area contributed by atoms with E-state index < -0.39 is 0 Å². The van der Waals surface area contributed by atoms with Gasteiger partial charge in [-0.2, -0.15) is 0 Å². The number of hydrogen-bond donors (Lipinski definition) is 0. The molecule has 3 heteroatoms. The Morgan fingerprint density at radius 2 is 0.816 bits per heavy atom. The van der Waals surface area contributed by atoms with Crippen LogP contribution in [0.1, 0.15) is 0 Å². The summed E-state index contributed by atoms with van der Waals surface area (Å²) in [5.74, 6) is 0. The molecule has 232 valence electrons. The molecule has 0 N–H and O–H groups in total. The zero-order valence-electron chi connectivity index (χ0n) is 26.8. The highest BCUT2D eigenvalue weighted by molar-refractivity contribution is 7.23. The minimum Gasteiger partial charge on any atom is -0.311 e. The van der Waals surface area contributed by atoms with Gasteiger partial charge in [-0.15, -0.1) is 11.3 Å². The van der Waals surface area contributed by atoms with E-state index in [2.05, 4.69) is 204 Å². The molecule has 7 aromatic carbocycles. The standard InChI is InChI=1S/C46H32N2S/c1-4-12-33(13-5-1)35-24-28-40(29-25-35)47(38-14-6-2-7-15-38)41-30-26-36(27-31-41)34-20-22-37(23-21-34)45-32-44-46(49-45)42-18-10-11-19-43(42)48(44)39-16-8-3-9-17-39/h1-32H. The van der Waals surface area contributed by atoms with Crippen LogP contribution in [0.3, 0.4) is 0 Å². The van der Waals surface area contributed by atoms with E-state index in [1.165, 1.54) is 59.5 Å². The summed E-state index contributed by atoms with van der Waals surface area (Å²) in [6.45, 7) is 0. The van der Waals surface area contributed by atoms with E-state index in [0.29, 0.717) is 0 Å². The lowest BCUT2D eigenvalue weighted by Crippen LogP contribution is -2.09. The van der Waals surface area contributed by atoms with Gasteiger partial charge >= 0.3 is 0 Å². The van der Waals surface area contributed by atoms with E-state index in [1.54, 1.807) is 0 Å². The third-order valence-electron chi connectivity index (χ3n) is 9.23. The first kappa shape index (κ1) is 29.0. The summed E-state index contributed by atoms with van der Waals surface area (Å²) < 4.78 is 3.71. The van der Waals surface area contributed by atoms with Crippen molar-refractivity contribution in [3.63, 3.8) is 0 Å². The van der Waals surface area contributed by atoms with Crippen LogP contribution < -0.4 is 4.90 Å². The molecule has 0 amide bonds. The van der Waals surface area contributed by atoms with E-state index in [9.17, 15) is 0 Å². The lowest BCUT2D eigenvalue weighted by molar-refractivity contribution is 1.18. The average Bonchev–Trinajstić information content (AvgIpc) is 3.74. The maximum absolute atomic E-state index is 2.39. The van der Waals surface area contributed by atoms with Gasteiger partial charge in [0.05, 0.1) is 15.7 Å². The van der Waals surface area contributed by atoms with Gasteiger partial charge in [-0.05, 0) is 88.5 Å². The quantitative estimate of drug-likeness (QED) is 0.168. The number of aromatic nitrogens is 1. The SMILES string of the molecule is c1ccc(-c2ccc(N(c3ccccc3)c3ccc(-c4ccc(-c5cc6c(s5)c5ccccc5n6-c5ccccc5)cc4)cc3)cc2)cc1. The largest absolute Gasteiger partial charge is 0.311 e. The molecule has 2 aromatic heterocycles. The van der Waals surface area contributed by atoms with Gasteiger partial charge in [0.1, 0.15) is 0 Å². The van der Waals surface area contributed by atoms with Gasteiger partial charge in [-0.25, -0.2) is 0 Å². The summed E-state index contributed by atoms with van der Waals surface area (Å²) in [7, 11) is 0. The maximum atomic E-state index is 2.39. The van der Waals surface area contributed by atoms with Crippen LogP contribution in [0.5, 0.6) is 0 Å². The Morgan fingerprint density at radius 1 is 0.367 bits per heavy atom. The smallest absolute Gasteiger partial charge is 0.0655 e. The van der Waals surface area contributed by atoms with Crippen molar-refractivity contribution < 1.29 is 0 Å². The fraction of sp³-hybridized carbons (Fsp3) is 0. The summed E-state index contributed by atoms with van der Waals surface area (Å²) in [5.41, 5.74) is 13.1. The summed E-state index contributed by atoms with van der Waals surface area (Å²) in [4.78, 5) is 3.59. The second-order valence-electron chi connectivity index (χ2n) is 12.2. The zero-order chi connectivity index (χ0) is 32.6. The molecule has 2 nitrogen and oxygen atoms in total. The number of thiophene rings is 1. The number of fused-ring (bicyclic) bond motifs is 3. The van der Waals surface area contributed by atoms with Crippen LogP contribution in [-0.4, -0.2) is 4.57 Å². The van der Waals surface area contributed by atoms with Crippen molar-refractivity contribution in [2.45, 2.75) is 0 Å². The minimum absolute atomic E-state index is 1.12. The fourth-order valence-electron chi connectivity index (χ4n) is 6.82. The Hall–Kier alpha value is -6.16. The minimum atomic E-state index is 1.12. The van der Waals surface area contributed by atoms with Crippen molar-refractivity contribution in [2.75, 3.05) is 4.90 Å². The highest BCUT2D eigenvalue weighted by Crippen LogP contribution is 2.42. The van der Waals surface area contributed by atoms with E-state index in [0.717, 1.165) is 17.1 Å². The topological polar surface area (TPSA) is 8.17 Å². The zero-order valence-corrected chi connectivity index (χ0v) is 27.6. The van der Waals surface area contributed by atoms with Crippen molar-refractivity contribution in [1.29, 1.82) is 0 Å². The van der Waals surface area contributed by atoms with Gasteiger partial charge < -0.3 is 9.47 Å². The van der Waals surface area contributed by atoms with Crippen molar-refractivity contribution in [3.05, 3.63) is 194 Å². The molecular formula is C46H32N2S. The summed E-state index contributed by atoms with van der Waals surface area (Å²) in [6.07, 6.45) is 0. The van der Waals surface area contributed by atoms with Crippen LogP contribution in [0.15, 0.2) is 194 Å². The highest BCUT2D eigenvalue weighted by Gasteiger charge is 2.17. The van der Waals surface area contributed by atoms with Gasteiger partial charge in [0.2, 0.25) is 0 Å². The molecular weight excluding hydrogens is 613 g/mol. The maximum Gasteiger partial charge on any atom is 0.0655 e. The molecule has 0 atom stereocenters. The molecule has 0 bridgehead atoms. The molecule has 0 fully saturated rings. The molecule has 0 aliphatic heterocycles. The summed E-state index contributed by atoms with van der Waals surface area (Å²) in [5, 5.41) is 1.30. The van der Waals surface area contributed by atoms with Crippen molar-refractivity contribution in [3.8, 4) is 38.4 Å². The Bertz CT molecular complexity index is 2490. The number of para-hydroxylation sites is 3. The molecule has 2 heterocycles. The second kappa shape index (κ2) is 12.5. The Balaban J connectivity index is 1.02. The number of rotatable bonds is 7. The summed E-state index contributed by atoms with van der Waals surface area (Å²) in [6, 6.07) is 69.6. The Labute approximate surface area is 290 Å². The van der Waals surface area contributed by atoms with Crippen LogP contribution in [0.4, 0.5) is 17.1 Å². The first-order valence-electron chi connectivity index (χ1n) is 16.6. The lowest BCUT2D eigenvalue weighted by atomic mass is 10.0. The summed E-state index contributed by atoms with van der Waals surface area (Å²) >= 11 is 1.87. The van der Waals surface area contributed by atoms with Crippen molar-refractivity contribution in [2.24, 2.45) is 0 Å². The van der Waals surface area contributed by atoms with Gasteiger partial charge in [-0.3, -0.25) is 0 Å². The number of nitrogens with zero attached hydrogens (tertiary/aromatic N) is 2. The van der Waals surface area contributed by atoms with E-state index in [-0.39, 0.29) is 0 Å². The van der Waals surface area contributed by atoms with E-state index >= 15 is 0 Å². The van der Waals surface area contributed by atoms with E-state index in [1.807, 2.05) is 11.3 Å². The molecule has 9 aromatic rings. The normalized spacial score (nSPS) is 11.3. The third kappa shape index (κ3) is 5.41. The monoisotopic (exact) mass is 644 g/mol. The predicted molar refractivity (Wildman–Crippen MR) is 210 cm³/mol. The van der Waals surface area contributed by atoms with Gasteiger partial charge in [0.25, 0.3) is 0 Å². The predicted octanol–water partition coefficient (Wildman–Crippen LogP) is 13.3. The molecule has 0 spiro atoms. The molecule has 0 saturated carbocycles. The molecule has 49 heavy (non-hydrogen) atoms. The van der Waals surface area contributed by atoms with Gasteiger partial charge in [-0.1, -0.05) is 133 Å². The van der Waals surface area contributed by atoms with E-state index in [4.69, 9.17) is 0 Å². The Kier molecular flexibility index (Phi) is 7.38. The second-order valence-corrected chi connectivity index (χ2v) is 13.3. The molecule has 0 radical (unpaired) electrons. The van der Waals surface area contributed by atoms with Gasteiger partial charge in [0.15, 0.2) is 0 Å². The van der Waals surface area contributed by atoms with Crippen molar-refractivity contribution in [1.82, 2.24) is 4.57 Å². The molecule has 0 saturated heterocycles. The third-order valence-corrected chi connectivity index (χ3v) is 10.4. The van der Waals surface area contributed by atoms with Gasteiger partial charge in [0, 0.05) is 33.0 Å². The number of anilines is 3. The number of hydrogen-bond acceptors (Lipinski definition) is 2. The van der Waals surface area contributed by atoms with Crippen LogP contribution in [-0.2, 0) is 0 Å². The van der Waals surface area contributed by atoms with Crippen LogP contribution in [0.25, 0.3) is 59.5 Å². The average molecular weight is 645 g/mol. The molecule has 0 unspecified atom stereocenters. The van der Waals surface area contributed by atoms with Crippen LogP contribution in [0.2, 0.25) is 0 Å². The van der Waals surface area contributed by atoms with Crippen LogP contribution >= 0.6 is 11.3 Å². The first-order chi connectivity index (χ1) is 24.3. The molecule has 0 aliphatic carbocycles. The number of benzene rings is 7. The fourth-order valence-corrected chi connectivity index (χ4v) is 8.00. The Morgan fingerprint density at radius 3 is 1.43 bits per heavy atom. The first-order valence-corrected chi connectivity index (χ1v) is 17.4.